The second-order valence-electron chi connectivity index (χ2n) is 3.84. The zero-order valence-electron chi connectivity index (χ0n) is 9.75. The summed E-state index contributed by atoms with van der Waals surface area (Å²) in [7, 11) is 1.73. The van der Waals surface area contributed by atoms with Gasteiger partial charge in [0.1, 0.15) is 0 Å². The number of rotatable bonds is 7. The second kappa shape index (κ2) is 6.93. The average Bonchev–Trinajstić information content (AvgIpc) is 2.66. The van der Waals surface area contributed by atoms with Crippen molar-refractivity contribution < 1.29 is 4.74 Å². The number of thiazole rings is 1. The number of hydrogen-bond donors (Lipinski definition) is 1. The van der Waals surface area contributed by atoms with Gasteiger partial charge in [0.2, 0.25) is 0 Å². The van der Waals surface area contributed by atoms with E-state index in [4.69, 9.17) is 4.74 Å². The summed E-state index contributed by atoms with van der Waals surface area (Å²) in [5.74, 6) is 0.539. The molecular formula is C11H20N2OS. The maximum atomic E-state index is 4.98. The highest BCUT2D eigenvalue weighted by molar-refractivity contribution is 7.11. The minimum atomic E-state index is 0.539. The van der Waals surface area contributed by atoms with Gasteiger partial charge in [-0.25, -0.2) is 4.98 Å². The van der Waals surface area contributed by atoms with Crippen LogP contribution in [-0.2, 0) is 11.3 Å². The van der Waals surface area contributed by atoms with Crippen molar-refractivity contribution in [2.24, 2.45) is 0 Å². The highest BCUT2D eigenvalue weighted by atomic mass is 32.1. The van der Waals surface area contributed by atoms with Gasteiger partial charge in [0, 0.05) is 37.3 Å². The van der Waals surface area contributed by atoms with Crippen molar-refractivity contribution in [2.45, 2.75) is 32.7 Å². The summed E-state index contributed by atoms with van der Waals surface area (Å²) < 4.78 is 4.98. The van der Waals surface area contributed by atoms with E-state index in [0.717, 1.165) is 26.1 Å². The standard InChI is InChI=1S/C11H20N2OS/c1-9(2)11-13-8-10(15-11)7-12-5-4-6-14-3/h8-9,12H,4-7H2,1-3H3. The molecule has 1 heterocycles. The summed E-state index contributed by atoms with van der Waals surface area (Å²) in [5.41, 5.74) is 0. The van der Waals surface area contributed by atoms with Gasteiger partial charge in [0.15, 0.2) is 0 Å². The Kier molecular flexibility index (Phi) is 5.83. The van der Waals surface area contributed by atoms with Crippen LogP contribution in [0.2, 0.25) is 0 Å². The fraction of sp³-hybridized carbons (Fsp3) is 0.727. The zero-order chi connectivity index (χ0) is 11.1. The molecule has 0 bridgehead atoms. The van der Waals surface area contributed by atoms with Crippen LogP contribution in [0.3, 0.4) is 0 Å². The third kappa shape index (κ3) is 4.73. The molecule has 0 amide bonds. The molecule has 0 spiro atoms. The van der Waals surface area contributed by atoms with Gasteiger partial charge in [-0.1, -0.05) is 13.8 Å². The monoisotopic (exact) mass is 228 g/mol. The molecular weight excluding hydrogens is 208 g/mol. The van der Waals surface area contributed by atoms with Crippen LogP contribution >= 0.6 is 11.3 Å². The van der Waals surface area contributed by atoms with E-state index in [1.807, 2.05) is 6.20 Å². The van der Waals surface area contributed by atoms with Gasteiger partial charge in [-0.15, -0.1) is 11.3 Å². The number of methoxy groups -OCH3 is 1. The molecule has 0 saturated carbocycles. The predicted octanol–water partition coefficient (Wildman–Crippen LogP) is 2.39. The van der Waals surface area contributed by atoms with Crippen LogP contribution < -0.4 is 5.32 Å². The maximum absolute atomic E-state index is 4.98. The maximum Gasteiger partial charge on any atom is 0.0953 e. The molecule has 4 heteroatoms. The van der Waals surface area contributed by atoms with Crippen molar-refractivity contribution in [3.63, 3.8) is 0 Å². The Balaban J connectivity index is 2.20. The summed E-state index contributed by atoms with van der Waals surface area (Å²) >= 11 is 1.80. The van der Waals surface area contributed by atoms with Crippen LogP contribution in [0.25, 0.3) is 0 Å². The first-order chi connectivity index (χ1) is 7.24. The Bertz CT molecular complexity index is 273. The topological polar surface area (TPSA) is 34.1 Å². The Morgan fingerprint density at radius 1 is 1.53 bits per heavy atom. The quantitative estimate of drug-likeness (QED) is 0.728. The van der Waals surface area contributed by atoms with Gasteiger partial charge in [-0.2, -0.15) is 0 Å². The van der Waals surface area contributed by atoms with Crippen LogP contribution in [0.5, 0.6) is 0 Å². The lowest BCUT2D eigenvalue weighted by Gasteiger charge is -2.01. The third-order valence-corrected chi connectivity index (χ3v) is 3.36. The number of nitrogens with one attached hydrogen (secondary N) is 1. The molecule has 0 aliphatic carbocycles. The minimum absolute atomic E-state index is 0.539. The van der Waals surface area contributed by atoms with Crippen LogP contribution in [0.1, 0.15) is 36.1 Å². The fourth-order valence-electron chi connectivity index (χ4n) is 1.22. The number of nitrogens with zero attached hydrogens (tertiary/aromatic N) is 1. The smallest absolute Gasteiger partial charge is 0.0953 e. The molecule has 0 radical (unpaired) electrons. The van der Waals surface area contributed by atoms with Gasteiger partial charge in [0.25, 0.3) is 0 Å². The molecule has 1 aromatic rings. The Labute approximate surface area is 95.9 Å². The summed E-state index contributed by atoms with van der Waals surface area (Å²) in [6.07, 6.45) is 3.04. The Hall–Kier alpha value is -0.450. The number of aromatic nitrogens is 1. The molecule has 1 N–H and O–H groups in total. The van der Waals surface area contributed by atoms with E-state index < -0.39 is 0 Å². The molecule has 0 saturated heterocycles. The number of ether oxygens (including phenoxy) is 1. The van der Waals surface area contributed by atoms with Crippen molar-refractivity contribution in [2.75, 3.05) is 20.3 Å². The normalized spacial score (nSPS) is 11.2. The van der Waals surface area contributed by atoms with E-state index in [1.54, 1.807) is 18.4 Å². The average molecular weight is 228 g/mol. The van der Waals surface area contributed by atoms with E-state index in [9.17, 15) is 0 Å². The zero-order valence-corrected chi connectivity index (χ0v) is 10.6. The molecule has 1 rings (SSSR count). The van der Waals surface area contributed by atoms with E-state index in [2.05, 4.69) is 24.1 Å². The molecule has 3 nitrogen and oxygen atoms in total. The van der Waals surface area contributed by atoms with E-state index in [1.165, 1.54) is 9.88 Å². The van der Waals surface area contributed by atoms with Gasteiger partial charge in [-0.3, -0.25) is 0 Å². The molecule has 0 atom stereocenters. The van der Waals surface area contributed by atoms with Crippen molar-refractivity contribution in [1.82, 2.24) is 10.3 Å². The molecule has 1 aromatic heterocycles. The predicted molar refractivity (Wildman–Crippen MR) is 64.4 cm³/mol. The van der Waals surface area contributed by atoms with Crippen molar-refractivity contribution >= 4 is 11.3 Å². The van der Waals surface area contributed by atoms with Crippen molar-refractivity contribution in [3.8, 4) is 0 Å². The van der Waals surface area contributed by atoms with Crippen LogP contribution in [0.15, 0.2) is 6.20 Å². The lowest BCUT2D eigenvalue weighted by atomic mass is 10.2. The van der Waals surface area contributed by atoms with Crippen LogP contribution in [0, 0.1) is 0 Å². The first-order valence-electron chi connectivity index (χ1n) is 5.38. The molecule has 0 unspecified atom stereocenters. The second-order valence-corrected chi connectivity index (χ2v) is 4.99. The lowest BCUT2D eigenvalue weighted by Crippen LogP contribution is -2.15. The fourth-order valence-corrected chi connectivity index (χ4v) is 2.11. The number of hydrogen-bond acceptors (Lipinski definition) is 4. The first-order valence-corrected chi connectivity index (χ1v) is 6.20. The summed E-state index contributed by atoms with van der Waals surface area (Å²) in [5, 5.41) is 4.60. The first kappa shape index (κ1) is 12.6. The molecule has 86 valence electrons. The SMILES string of the molecule is COCCCNCc1cnc(C(C)C)s1. The molecule has 0 aromatic carbocycles. The van der Waals surface area contributed by atoms with Gasteiger partial charge < -0.3 is 10.1 Å². The van der Waals surface area contributed by atoms with Crippen LogP contribution in [0.4, 0.5) is 0 Å². The lowest BCUT2D eigenvalue weighted by molar-refractivity contribution is 0.194. The van der Waals surface area contributed by atoms with E-state index in [0.29, 0.717) is 5.92 Å². The van der Waals surface area contributed by atoms with E-state index >= 15 is 0 Å². The molecule has 0 fully saturated rings. The molecule has 0 aliphatic heterocycles. The molecule has 15 heavy (non-hydrogen) atoms. The summed E-state index contributed by atoms with van der Waals surface area (Å²) in [6, 6.07) is 0. The summed E-state index contributed by atoms with van der Waals surface area (Å²) in [4.78, 5) is 5.70. The highest BCUT2D eigenvalue weighted by Crippen LogP contribution is 2.20. The largest absolute Gasteiger partial charge is 0.385 e. The van der Waals surface area contributed by atoms with Gasteiger partial charge in [0.05, 0.1) is 5.01 Å². The van der Waals surface area contributed by atoms with Crippen molar-refractivity contribution in [3.05, 3.63) is 16.1 Å². The van der Waals surface area contributed by atoms with Gasteiger partial charge >= 0.3 is 0 Å². The Morgan fingerprint density at radius 3 is 2.93 bits per heavy atom. The van der Waals surface area contributed by atoms with Crippen molar-refractivity contribution in [1.29, 1.82) is 0 Å². The third-order valence-electron chi connectivity index (χ3n) is 2.07. The highest BCUT2D eigenvalue weighted by Gasteiger charge is 2.04. The van der Waals surface area contributed by atoms with E-state index in [-0.39, 0.29) is 0 Å². The minimum Gasteiger partial charge on any atom is -0.385 e. The van der Waals surface area contributed by atoms with Crippen LogP contribution in [-0.4, -0.2) is 25.2 Å². The Morgan fingerprint density at radius 2 is 2.33 bits per heavy atom. The molecule has 0 aliphatic rings. The summed E-state index contributed by atoms with van der Waals surface area (Å²) in [6.45, 7) is 7.10. The van der Waals surface area contributed by atoms with Gasteiger partial charge in [-0.05, 0) is 13.0 Å².